The first-order valence-corrected chi connectivity index (χ1v) is 6.44. The van der Waals surface area contributed by atoms with Crippen LogP contribution in [0.3, 0.4) is 0 Å². The van der Waals surface area contributed by atoms with Crippen LogP contribution in [0.5, 0.6) is 5.75 Å². The fraction of sp³-hybridized carbons (Fsp3) is 0.500. The fourth-order valence-corrected chi connectivity index (χ4v) is 1.70. The van der Waals surface area contributed by atoms with Gasteiger partial charge in [0.05, 0.1) is 0 Å². The van der Waals surface area contributed by atoms with Gasteiger partial charge in [-0.1, -0.05) is 13.8 Å². The van der Waals surface area contributed by atoms with Crippen LogP contribution in [0, 0.1) is 11.6 Å². The number of rotatable bonds is 7. The molecule has 1 aromatic carbocycles. The van der Waals surface area contributed by atoms with Gasteiger partial charge in [-0.25, -0.2) is 8.78 Å². The lowest BCUT2D eigenvalue weighted by Crippen LogP contribution is -2.36. The van der Waals surface area contributed by atoms with Crippen molar-refractivity contribution in [2.24, 2.45) is 0 Å². The summed E-state index contributed by atoms with van der Waals surface area (Å²) in [6, 6.07) is 3.22. The van der Waals surface area contributed by atoms with Gasteiger partial charge in [0.1, 0.15) is 5.75 Å². The molecular formula is C14H19F2NO2. The third-order valence-corrected chi connectivity index (χ3v) is 2.59. The van der Waals surface area contributed by atoms with Crippen molar-refractivity contribution >= 4 is 5.91 Å². The molecule has 0 aliphatic carbocycles. The zero-order valence-electron chi connectivity index (χ0n) is 11.3. The molecule has 0 saturated heterocycles. The predicted molar refractivity (Wildman–Crippen MR) is 69.0 cm³/mol. The minimum Gasteiger partial charge on any atom is -0.484 e. The van der Waals surface area contributed by atoms with E-state index in [-0.39, 0.29) is 18.3 Å². The summed E-state index contributed by atoms with van der Waals surface area (Å²) in [5.74, 6) is -1.91. The SMILES string of the molecule is CCCN(CCC)C(=O)COc1ccc(F)c(F)c1. The Labute approximate surface area is 112 Å². The highest BCUT2D eigenvalue weighted by molar-refractivity contribution is 5.77. The maximum Gasteiger partial charge on any atom is 0.260 e. The molecule has 5 heteroatoms. The van der Waals surface area contributed by atoms with Crippen LogP contribution >= 0.6 is 0 Å². The average molecular weight is 271 g/mol. The van der Waals surface area contributed by atoms with Crippen molar-refractivity contribution in [2.75, 3.05) is 19.7 Å². The van der Waals surface area contributed by atoms with Gasteiger partial charge in [-0.15, -0.1) is 0 Å². The third kappa shape index (κ3) is 4.85. The summed E-state index contributed by atoms with van der Waals surface area (Å²) in [7, 11) is 0. The van der Waals surface area contributed by atoms with E-state index >= 15 is 0 Å². The molecule has 19 heavy (non-hydrogen) atoms. The Morgan fingerprint density at radius 2 is 1.79 bits per heavy atom. The molecule has 0 aliphatic rings. The van der Waals surface area contributed by atoms with Crippen LogP contribution in [0.25, 0.3) is 0 Å². The number of carbonyl (C=O) groups is 1. The summed E-state index contributed by atoms with van der Waals surface area (Å²) in [5, 5.41) is 0. The standard InChI is InChI=1S/C14H19F2NO2/c1-3-7-17(8-4-2)14(18)10-19-11-5-6-12(15)13(16)9-11/h5-6,9H,3-4,7-8,10H2,1-2H3. The second kappa shape index (κ2) is 7.71. The van der Waals surface area contributed by atoms with Crippen molar-refractivity contribution < 1.29 is 18.3 Å². The maximum atomic E-state index is 13.0. The molecule has 1 amide bonds. The van der Waals surface area contributed by atoms with Crippen molar-refractivity contribution in [1.29, 1.82) is 0 Å². The molecule has 3 nitrogen and oxygen atoms in total. The molecular weight excluding hydrogens is 252 g/mol. The number of hydrogen-bond acceptors (Lipinski definition) is 2. The second-order valence-corrected chi connectivity index (χ2v) is 4.25. The molecule has 0 aliphatic heterocycles. The zero-order chi connectivity index (χ0) is 14.3. The van der Waals surface area contributed by atoms with Crippen LogP contribution in [0.1, 0.15) is 26.7 Å². The van der Waals surface area contributed by atoms with E-state index in [1.54, 1.807) is 4.90 Å². The number of hydrogen-bond donors (Lipinski definition) is 0. The van der Waals surface area contributed by atoms with E-state index < -0.39 is 11.6 Å². The first-order valence-electron chi connectivity index (χ1n) is 6.44. The minimum atomic E-state index is -0.982. The Bertz CT molecular complexity index is 418. The molecule has 0 fully saturated rings. The zero-order valence-corrected chi connectivity index (χ0v) is 11.3. The second-order valence-electron chi connectivity index (χ2n) is 4.25. The highest BCUT2D eigenvalue weighted by Crippen LogP contribution is 2.15. The number of halogens is 2. The predicted octanol–water partition coefficient (Wildman–Crippen LogP) is 2.99. The molecule has 1 aromatic rings. The van der Waals surface area contributed by atoms with E-state index in [2.05, 4.69) is 0 Å². The van der Waals surface area contributed by atoms with Gasteiger partial charge in [-0.05, 0) is 25.0 Å². The lowest BCUT2D eigenvalue weighted by molar-refractivity contribution is -0.133. The van der Waals surface area contributed by atoms with Crippen LogP contribution in [0.2, 0.25) is 0 Å². The number of nitrogens with zero attached hydrogens (tertiary/aromatic N) is 1. The smallest absolute Gasteiger partial charge is 0.260 e. The lowest BCUT2D eigenvalue weighted by Gasteiger charge is -2.21. The van der Waals surface area contributed by atoms with Crippen molar-refractivity contribution in [3.05, 3.63) is 29.8 Å². The van der Waals surface area contributed by atoms with Gasteiger partial charge < -0.3 is 9.64 Å². The first kappa shape index (κ1) is 15.4. The Morgan fingerprint density at radius 3 is 2.32 bits per heavy atom. The molecule has 0 spiro atoms. The molecule has 106 valence electrons. The summed E-state index contributed by atoms with van der Waals surface area (Å²) in [6.45, 7) is 5.17. The van der Waals surface area contributed by atoms with Gasteiger partial charge in [0.25, 0.3) is 5.91 Å². The summed E-state index contributed by atoms with van der Waals surface area (Å²) in [6.07, 6.45) is 1.74. The molecule has 0 aromatic heterocycles. The molecule has 0 bridgehead atoms. The largest absolute Gasteiger partial charge is 0.484 e. The number of ether oxygens (including phenoxy) is 1. The Kier molecular flexibility index (Phi) is 6.25. The summed E-state index contributed by atoms with van der Waals surface area (Å²) in [4.78, 5) is 13.6. The molecule has 0 unspecified atom stereocenters. The van der Waals surface area contributed by atoms with Gasteiger partial charge in [0, 0.05) is 19.2 Å². The van der Waals surface area contributed by atoms with Crippen LogP contribution in [0.15, 0.2) is 18.2 Å². The van der Waals surface area contributed by atoms with Crippen LogP contribution < -0.4 is 4.74 Å². The van der Waals surface area contributed by atoms with Gasteiger partial charge in [-0.3, -0.25) is 4.79 Å². The monoisotopic (exact) mass is 271 g/mol. The van der Waals surface area contributed by atoms with Crippen molar-refractivity contribution in [1.82, 2.24) is 4.90 Å². The third-order valence-electron chi connectivity index (χ3n) is 2.59. The normalized spacial score (nSPS) is 10.3. The molecule has 0 heterocycles. The van der Waals surface area contributed by atoms with E-state index in [0.29, 0.717) is 13.1 Å². The average Bonchev–Trinajstić information content (AvgIpc) is 2.39. The number of amides is 1. The number of benzene rings is 1. The number of carbonyl (C=O) groups excluding carboxylic acids is 1. The van der Waals surface area contributed by atoms with Gasteiger partial charge >= 0.3 is 0 Å². The van der Waals surface area contributed by atoms with Crippen molar-refractivity contribution in [3.8, 4) is 5.75 Å². The Morgan fingerprint density at radius 1 is 1.16 bits per heavy atom. The molecule has 0 N–H and O–H groups in total. The van der Waals surface area contributed by atoms with Crippen molar-refractivity contribution in [3.63, 3.8) is 0 Å². The van der Waals surface area contributed by atoms with Gasteiger partial charge in [0.15, 0.2) is 18.2 Å². The van der Waals surface area contributed by atoms with Crippen LogP contribution in [-0.4, -0.2) is 30.5 Å². The summed E-state index contributed by atoms with van der Waals surface area (Å²) < 4.78 is 30.9. The summed E-state index contributed by atoms with van der Waals surface area (Å²) in [5.41, 5.74) is 0. The van der Waals surface area contributed by atoms with Crippen LogP contribution in [-0.2, 0) is 4.79 Å². The van der Waals surface area contributed by atoms with E-state index in [9.17, 15) is 13.6 Å². The maximum absolute atomic E-state index is 13.0. The minimum absolute atomic E-state index is 0.145. The Hall–Kier alpha value is -1.65. The Balaban J connectivity index is 2.54. The van der Waals surface area contributed by atoms with Crippen molar-refractivity contribution in [2.45, 2.75) is 26.7 Å². The van der Waals surface area contributed by atoms with Gasteiger partial charge in [0.2, 0.25) is 0 Å². The summed E-state index contributed by atoms with van der Waals surface area (Å²) >= 11 is 0. The lowest BCUT2D eigenvalue weighted by atomic mass is 10.3. The molecule has 0 saturated carbocycles. The first-order chi connectivity index (χ1) is 9.08. The van der Waals surface area contributed by atoms with Gasteiger partial charge in [-0.2, -0.15) is 0 Å². The highest BCUT2D eigenvalue weighted by atomic mass is 19.2. The molecule has 0 atom stereocenters. The van der Waals surface area contributed by atoms with E-state index in [1.807, 2.05) is 13.8 Å². The quantitative estimate of drug-likeness (QED) is 0.763. The molecule has 1 rings (SSSR count). The van der Waals surface area contributed by atoms with E-state index in [1.165, 1.54) is 6.07 Å². The fourth-order valence-electron chi connectivity index (χ4n) is 1.70. The topological polar surface area (TPSA) is 29.5 Å². The highest BCUT2D eigenvalue weighted by Gasteiger charge is 2.12. The van der Waals surface area contributed by atoms with E-state index in [0.717, 1.165) is 25.0 Å². The van der Waals surface area contributed by atoms with Crippen LogP contribution in [0.4, 0.5) is 8.78 Å². The molecule has 0 radical (unpaired) electrons. The van der Waals surface area contributed by atoms with E-state index in [4.69, 9.17) is 4.74 Å².